The first-order valence-corrected chi connectivity index (χ1v) is 7.12. The van der Waals surface area contributed by atoms with E-state index in [9.17, 15) is 9.59 Å². The molecule has 0 spiro atoms. The summed E-state index contributed by atoms with van der Waals surface area (Å²) in [5.41, 5.74) is -0.206. The number of aromatic amines is 1. The predicted molar refractivity (Wildman–Crippen MR) is 74.3 cm³/mol. The van der Waals surface area contributed by atoms with E-state index in [1.54, 1.807) is 6.92 Å². The van der Waals surface area contributed by atoms with Gasteiger partial charge in [0.1, 0.15) is 6.04 Å². The van der Waals surface area contributed by atoms with Crippen LogP contribution in [0.25, 0.3) is 0 Å². The fraction of sp³-hybridized carbons (Fsp3) is 0.583. The first-order chi connectivity index (χ1) is 9.02. The summed E-state index contributed by atoms with van der Waals surface area (Å²) in [7, 11) is 0. The molecule has 1 atom stereocenters. The van der Waals surface area contributed by atoms with Gasteiger partial charge < -0.3 is 15.0 Å². The first-order valence-electron chi connectivity index (χ1n) is 6.13. The third-order valence-corrected chi connectivity index (χ3v) is 3.12. The van der Waals surface area contributed by atoms with Gasteiger partial charge in [-0.25, -0.2) is 4.98 Å². The van der Waals surface area contributed by atoms with Crippen molar-refractivity contribution in [2.45, 2.75) is 38.0 Å². The van der Waals surface area contributed by atoms with Gasteiger partial charge in [-0.05, 0) is 6.92 Å². The van der Waals surface area contributed by atoms with Gasteiger partial charge in [0.2, 0.25) is 0 Å². The van der Waals surface area contributed by atoms with Crippen LogP contribution in [-0.2, 0) is 9.53 Å². The second-order valence-corrected chi connectivity index (χ2v) is 5.18. The van der Waals surface area contributed by atoms with Crippen LogP contribution in [0.2, 0.25) is 0 Å². The van der Waals surface area contributed by atoms with E-state index < -0.39 is 6.04 Å². The van der Waals surface area contributed by atoms with Crippen molar-refractivity contribution in [3.05, 3.63) is 22.6 Å². The highest BCUT2D eigenvalue weighted by atomic mass is 32.2. The first kappa shape index (κ1) is 15.7. The number of nitrogens with zero attached hydrogens (tertiary/aromatic N) is 1. The average Bonchev–Trinajstić information content (AvgIpc) is 2.34. The number of nitrogens with one attached hydrogen (secondary N) is 2. The van der Waals surface area contributed by atoms with Crippen LogP contribution >= 0.6 is 11.8 Å². The Bertz CT molecular complexity index is 462. The van der Waals surface area contributed by atoms with Gasteiger partial charge in [-0.2, -0.15) is 0 Å². The summed E-state index contributed by atoms with van der Waals surface area (Å²) in [5.74, 6) is 0.159. The van der Waals surface area contributed by atoms with Gasteiger partial charge >= 0.3 is 5.97 Å². The minimum Gasteiger partial charge on any atom is -0.465 e. The Labute approximate surface area is 116 Å². The Balaban J connectivity index is 2.62. The van der Waals surface area contributed by atoms with Crippen LogP contribution in [0.5, 0.6) is 0 Å². The lowest BCUT2D eigenvalue weighted by molar-refractivity contribution is -0.145. The van der Waals surface area contributed by atoms with Crippen molar-refractivity contribution in [1.29, 1.82) is 0 Å². The second-order valence-electron chi connectivity index (χ2n) is 4.18. The van der Waals surface area contributed by atoms with Gasteiger partial charge in [0, 0.05) is 24.1 Å². The molecule has 2 N–H and O–H groups in total. The fourth-order valence-corrected chi connectivity index (χ4v) is 2.28. The van der Waals surface area contributed by atoms with Crippen LogP contribution in [0.1, 0.15) is 20.8 Å². The van der Waals surface area contributed by atoms with E-state index in [0.717, 1.165) is 0 Å². The zero-order valence-corrected chi connectivity index (χ0v) is 12.1. The van der Waals surface area contributed by atoms with Gasteiger partial charge in [-0.1, -0.05) is 25.6 Å². The molecule has 0 aliphatic heterocycles. The summed E-state index contributed by atoms with van der Waals surface area (Å²) in [5, 5.41) is 3.63. The second kappa shape index (κ2) is 7.96. The summed E-state index contributed by atoms with van der Waals surface area (Å²) in [6.07, 6.45) is 1.44. The molecule has 1 aromatic rings. The SMILES string of the molecule is CCOC(=O)C(CSc1nccc(=O)[nH]1)NC(C)C. The molecule has 1 heterocycles. The van der Waals surface area contributed by atoms with Gasteiger partial charge in [0.05, 0.1) is 6.61 Å². The summed E-state index contributed by atoms with van der Waals surface area (Å²) in [6, 6.07) is 1.09. The third kappa shape index (κ3) is 5.89. The maximum absolute atomic E-state index is 11.8. The predicted octanol–water partition coefficient (Wildman–Crippen LogP) is 0.792. The van der Waals surface area contributed by atoms with Crippen molar-refractivity contribution in [1.82, 2.24) is 15.3 Å². The Kier molecular flexibility index (Phi) is 6.58. The van der Waals surface area contributed by atoms with E-state index in [4.69, 9.17) is 4.74 Å². The molecule has 106 valence electrons. The smallest absolute Gasteiger partial charge is 0.324 e. The van der Waals surface area contributed by atoms with E-state index in [0.29, 0.717) is 17.5 Å². The van der Waals surface area contributed by atoms with Crippen molar-refractivity contribution < 1.29 is 9.53 Å². The summed E-state index contributed by atoms with van der Waals surface area (Å²) >= 11 is 1.31. The number of H-pyrrole nitrogens is 1. The number of rotatable bonds is 7. The van der Waals surface area contributed by atoms with E-state index in [2.05, 4.69) is 15.3 Å². The minimum atomic E-state index is -0.421. The Hall–Kier alpha value is -1.34. The number of hydrogen-bond acceptors (Lipinski definition) is 6. The molecule has 0 fully saturated rings. The Morgan fingerprint density at radius 3 is 2.89 bits per heavy atom. The number of thioether (sulfide) groups is 1. The lowest BCUT2D eigenvalue weighted by Crippen LogP contribution is -2.43. The van der Waals surface area contributed by atoms with Crippen molar-refractivity contribution in [2.75, 3.05) is 12.4 Å². The largest absolute Gasteiger partial charge is 0.465 e. The molecular weight excluding hydrogens is 266 g/mol. The van der Waals surface area contributed by atoms with Crippen LogP contribution in [0, 0.1) is 0 Å². The highest BCUT2D eigenvalue weighted by molar-refractivity contribution is 7.99. The maximum Gasteiger partial charge on any atom is 0.324 e. The minimum absolute atomic E-state index is 0.165. The Morgan fingerprint density at radius 1 is 1.58 bits per heavy atom. The summed E-state index contributed by atoms with van der Waals surface area (Å²) < 4.78 is 5.01. The molecule has 0 amide bonds. The molecule has 6 nitrogen and oxygen atoms in total. The van der Waals surface area contributed by atoms with Crippen LogP contribution in [-0.4, -0.2) is 40.4 Å². The zero-order chi connectivity index (χ0) is 14.3. The molecule has 1 rings (SSSR count). The number of esters is 1. The summed E-state index contributed by atoms with van der Waals surface area (Å²) in [6.45, 7) is 6.03. The molecule has 0 bridgehead atoms. The molecule has 0 radical (unpaired) electrons. The third-order valence-electron chi connectivity index (χ3n) is 2.14. The van der Waals surface area contributed by atoms with Crippen LogP contribution in [0.4, 0.5) is 0 Å². The van der Waals surface area contributed by atoms with E-state index in [1.165, 1.54) is 24.0 Å². The number of ether oxygens (including phenoxy) is 1. The highest BCUT2D eigenvalue weighted by Crippen LogP contribution is 2.12. The standard InChI is InChI=1S/C12H19N3O3S/c1-4-18-11(17)9(14-8(2)3)7-19-12-13-6-5-10(16)15-12/h5-6,8-9,14H,4,7H2,1-3H3,(H,13,15,16). The number of carbonyl (C=O) groups excluding carboxylic acids is 1. The lowest BCUT2D eigenvalue weighted by Gasteiger charge is -2.18. The lowest BCUT2D eigenvalue weighted by atomic mass is 10.3. The molecule has 7 heteroatoms. The molecule has 0 aliphatic rings. The molecule has 0 saturated carbocycles. The topological polar surface area (TPSA) is 84.1 Å². The quantitative estimate of drug-likeness (QED) is 0.438. The normalized spacial score (nSPS) is 12.4. The van der Waals surface area contributed by atoms with Gasteiger partial charge in [-0.3, -0.25) is 9.59 Å². The summed E-state index contributed by atoms with van der Waals surface area (Å²) in [4.78, 5) is 29.5. The number of aromatic nitrogens is 2. The Morgan fingerprint density at radius 2 is 2.32 bits per heavy atom. The zero-order valence-electron chi connectivity index (χ0n) is 11.3. The van der Waals surface area contributed by atoms with Gasteiger partial charge in [0.25, 0.3) is 5.56 Å². The van der Waals surface area contributed by atoms with Crippen molar-refractivity contribution in [3.8, 4) is 0 Å². The molecule has 0 aromatic carbocycles. The van der Waals surface area contributed by atoms with Gasteiger partial charge in [-0.15, -0.1) is 0 Å². The van der Waals surface area contributed by atoms with E-state index >= 15 is 0 Å². The van der Waals surface area contributed by atoms with Gasteiger partial charge in [0.15, 0.2) is 5.16 Å². The average molecular weight is 285 g/mol. The van der Waals surface area contributed by atoms with Crippen LogP contribution < -0.4 is 10.9 Å². The van der Waals surface area contributed by atoms with E-state index in [1.807, 2.05) is 13.8 Å². The fourth-order valence-electron chi connectivity index (χ4n) is 1.42. The molecule has 0 aliphatic carbocycles. The molecule has 0 saturated heterocycles. The van der Waals surface area contributed by atoms with Crippen molar-refractivity contribution >= 4 is 17.7 Å². The molecule has 1 aromatic heterocycles. The molecule has 19 heavy (non-hydrogen) atoms. The van der Waals surface area contributed by atoms with Crippen LogP contribution in [0.15, 0.2) is 22.2 Å². The molecular formula is C12H19N3O3S. The van der Waals surface area contributed by atoms with Crippen LogP contribution in [0.3, 0.4) is 0 Å². The van der Waals surface area contributed by atoms with Crippen molar-refractivity contribution in [3.63, 3.8) is 0 Å². The van der Waals surface area contributed by atoms with Crippen molar-refractivity contribution in [2.24, 2.45) is 0 Å². The highest BCUT2D eigenvalue weighted by Gasteiger charge is 2.20. The molecule has 1 unspecified atom stereocenters. The van der Waals surface area contributed by atoms with E-state index in [-0.39, 0.29) is 17.6 Å². The maximum atomic E-state index is 11.8. The number of hydrogen-bond donors (Lipinski definition) is 2. The number of carbonyl (C=O) groups is 1. The monoisotopic (exact) mass is 285 g/mol.